The van der Waals surface area contributed by atoms with Crippen LogP contribution >= 0.6 is 0 Å². The Morgan fingerprint density at radius 3 is 2.39 bits per heavy atom. The smallest absolute Gasteiger partial charge is 0.273 e. The first kappa shape index (κ1) is 14.4. The third kappa shape index (κ3) is 4.31. The van der Waals surface area contributed by atoms with Gasteiger partial charge in [0.05, 0.1) is 0 Å². The zero-order valence-electron chi connectivity index (χ0n) is 11.8. The molecule has 18 heavy (non-hydrogen) atoms. The van der Waals surface area contributed by atoms with Crippen LogP contribution in [0.3, 0.4) is 0 Å². The SMILES string of the molecule is CC(C)CC(C)Nc1ccc(C(=O)N(C)C)nn1. The van der Waals surface area contributed by atoms with Crippen molar-refractivity contribution in [1.29, 1.82) is 0 Å². The molecule has 0 aromatic carbocycles. The molecule has 1 rings (SSSR count). The molecule has 5 heteroatoms. The molecule has 0 aliphatic carbocycles. The van der Waals surface area contributed by atoms with Gasteiger partial charge >= 0.3 is 0 Å². The summed E-state index contributed by atoms with van der Waals surface area (Å²) in [6.45, 7) is 6.48. The quantitative estimate of drug-likeness (QED) is 0.868. The van der Waals surface area contributed by atoms with Crippen LogP contribution < -0.4 is 5.32 Å². The molecule has 1 unspecified atom stereocenters. The molecule has 5 nitrogen and oxygen atoms in total. The van der Waals surface area contributed by atoms with Crippen molar-refractivity contribution in [3.05, 3.63) is 17.8 Å². The fourth-order valence-corrected chi connectivity index (χ4v) is 1.77. The molecule has 0 fully saturated rings. The molecule has 0 bridgehead atoms. The monoisotopic (exact) mass is 250 g/mol. The van der Waals surface area contributed by atoms with Gasteiger partial charge in [-0.05, 0) is 31.4 Å². The van der Waals surface area contributed by atoms with E-state index < -0.39 is 0 Å². The molecular weight excluding hydrogens is 228 g/mol. The van der Waals surface area contributed by atoms with Crippen molar-refractivity contribution in [3.8, 4) is 0 Å². The average Bonchev–Trinajstić information content (AvgIpc) is 2.27. The highest BCUT2D eigenvalue weighted by Crippen LogP contribution is 2.10. The summed E-state index contributed by atoms with van der Waals surface area (Å²) in [4.78, 5) is 13.1. The van der Waals surface area contributed by atoms with Crippen molar-refractivity contribution < 1.29 is 4.79 Å². The van der Waals surface area contributed by atoms with Gasteiger partial charge in [-0.2, -0.15) is 0 Å². The predicted octanol–water partition coefficient (Wildman–Crippen LogP) is 2.02. The fraction of sp³-hybridized carbons (Fsp3) is 0.615. The Bertz CT molecular complexity index is 386. The minimum absolute atomic E-state index is 0.135. The number of carbonyl (C=O) groups is 1. The van der Waals surface area contributed by atoms with E-state index in [1.807, 2.05) is 0 Å². The molecule has 100 valence electrons. The van der Waals surface area contributed by atoms with Crippen LogP contribution in [-0.4, -0.2) is 41.1 Å². The second-order valence-electron chi connectivity index (χ2n) is 5.18. The lowest BCUT2D eigenvalue weighted by Gasteiger charge is -2.16. The molecule has 1 aromatic rings. The van der Waals surface area contributed by atoms with Gasteiger partial charge in [-0.1, -0.05) is 13.8 Å². The summed E-state index contributed by atoms with van der Waals surface area (Å²) in [5, 5.41) is 11.2. The molecule has 0 aliphatic heterocycles. The second-order valence-corrected chi connectivity index (χ2v) is 5.18. The topological polar surface area (TPSA) is 58.1 Å². The van der Waals surface area contributed by atoms with Crippen molar-refractivity contribution in [2.24, 2.45) is 5.92 Å². The van der Waals surface area contributed by atoms with Crippen molar-refractivity contribution in [1.82, 2.24) is 15.1 Å². The number of aromatic nitrogens is 2. The molecule has 0 saturated heterocycles. The largest absolute Gasteiger partial charge is 0.366 e. The van der Waals surface area contributed by atoms with E-state index in [1.54, 1.807) is 26.2 Å². The van der Waals surface area contributed by atoms with Gasteiger partial charge in [-0.25, -0.2) is 0 Å². The molecule has 1 aromatic heterocycles. The highest BCUT2D eigenvalue weighted by molar-refractivity contribution is 5.91. The maximum atomic E-state index is 11.6. The van der Waals surface area contributed by atoms with Gasteiger partial charge < -0.3 is 10.2 Å². The van der Waals surface area contributed by atoms with Gasteiger partial charge in [0, 0.05) is 20.1 Å². The number of rotatable bonds is 5. The third-order valence-electron chi connectivity index (χ3n) is 2.51. The highest BCUT2D eigenvalue weighted by atomic mass is 16.2. The molecule has 0 radical (unpaired) electrons. The predicted molar refractivity (Wildman–Crippen MR) is 72.6 cm³/mol. The van der Waals surface area contributed by atoms with Crippen molar-refractivity contribution in [2.45, 2.75) is 33.2 Å². The van der Waals surface area contributed by atoms with E-state index >= 15 is 0 Å². The van der Waals surface area contributed by atoms with Gasteiger partial charge in [0.2, 0.25) is 0 Å². The maximum Gasteiger partial charge on any atom is 0.273 e. The number of anilines is 1. The second kappa shape index (κ2) is 6.33. The van der Waals surface area contributed by atoms with E-state index in [4.69, 9.17) is 0 Å². The van der Waals surface area contributed by atoms with Gasteiger partial charge in [0.1, 0.15) is 5.82 Å². The Morgan fingerprint density at radius 1 is 1.28 bits per heavy atom. The van der Waals surface area contributed by atoms with Gasteiger partial charge in [0.15, 0.2) is 5.69 Å². The number of nitrogens with zero attached hydrogens (tertiary/aromatic N) is 3. The lowest BCUT2D eigenvalue weighted by molar-refractivity contribution is 0.0821. The normalized spacial score (nSPS) is 12.3. The summed E-state index contributed by atoms with van der Waals surface area (Å²) in [5.41, 5.74) is 0.363. The number of amides is 1. The molecule has 1 heterocycles. The molecule has 1 atom stereocenters. The standard InChI is InChI=1S/C13H22N4O/c1-9(2)8-10(3)14-12-7-6-11(15-16-12)13(18)17(4)5/h6-7,9-10H,8H2,1-5H3,(H,14,16). The zero-order chi connectivity index (χ0) is 13.7. The summed E-state index contributed by atoms with van der Waals surface area (Å²) in [7, 11) is 3.39. The highest BCUT2D eigenvalue weighted by Gasteiger charge is 2.11. The van der Waals surface area contributed by atoms with E-state index in [9.17, 15) is 4.79 Å². The Hall–Kier alpha value is -1.65. The van der Waals surface area contributed by atoms with Crippen LogP contribution in [0.15, 0.2) is 12.1 Å². The molecule has 0 spiro atoms. The maximum absolute atomic E-state index is 11.6. The van der Waals surface area contributed by atoms with E-state index in [1.165, 1.54) is 4.90 Å². The number of hydrogen-bond donors (Lipinski definition) is 1. The van der Waals surface area contributed by atoms with Gasteiger partial charge in [-0.3, -0.25) is 4.79 Å². The average molecular weight is 250 g/mol. The van der Waals surface area contributed by atoms with Crippen LogP contribution in [0, 0.1) is 5.92 Å². The first-order valence-electron chi connectivity index (χ1n) is 6.22. The van der Waals surface area contributed by atoms with E-state index in [0.29, 0.717) is 23.5 Å². The summed E-state index contributed by atoms with van der Waals surface area (Å²) in [6, 6.07) is 3.83. The first-order valence-corrected chi connectivity index (χ1v) is 6.22. The Morgan fingerprint density at radius 2 is 1.94 bits per heavy atom. The lowest BCUT2D eigenvalue weighted by atomic mass is 10.1. The minimum Gasteiger partial charge on any atom is -0.366 e. The number of hydrogen-bond acceptors (Lipinski definition) is 4. The van der Waals surface area contributed by atoms with Crippen LogP contribution in [0.25, 0.3) is 0 Å². The molecular formula is C13H22N4O. The van der Waals surface area contributed by atoms with Crippen LogP contribution in [0.5, 0.6) is 0 Å². The van der Waals surface area contributed by atoms with E-state index in [2.05, 4.69) is 36.3 Å². The van der Waals surface area contributed by atoms with Crippen molar-refractivity contribution in [2.75, 3.05) is 19.4 Å². The zero-order valence-corrected chi connectivity index (χ0v) is 11.8. The van der Waals surface area contributed by atoms with E-state index in [-0.39, 0.29) is 5.91 Å². The lowest BCUT2D eigenvalue weighted by Crippen LogP contribution is -2.23. The van der Waals surface area contributed by atoms with Gasteiger partial charge in [0.25, 0.3) is 5.91 Å². The van der Waals surface area contributed by atoms with Crippen molar-refractivity contribution in [3.63, 3.8) is 0 Å². The number of carbonyl (C=O) groups excluding carboxylic acids is 1. The van der Waals surface area contributed by atoms with E-state index in [0.717, 1.165) is 6.42 Å². The summed E-state index contributed by atoms with van der Waals surface area (Å²) >= 11 is 0. The van der Waals surface area contributed by atoms with Crippen LogP contribution in [0.2, 0.25) is 0 Å². The third-order valence-corrected chi connectivity index (χ3v) is 2.51. The molecule has 1 N–H and O–H groups in total. The van der Waals surface area contributed by atoms with Crippen LogP contribution in [-0.2, 0) is 0 Å². The summed E-state index contributed by atoms with van der Waals surface area (Å²) < 4.78 is 0. The fourth-order valence-electron chi connectivity index (χ4n) is 1.77. The molecule has 0 saturated carbocycles. The molecule has 1 amide bonds. The molecule has 0 aliphatic rings. The Labute approximate surface area is 109 Å². The first-order chi connectivity index (χ1) is 8.40. The summed E-state index contributed by atoms with van der Waals surface area (Å²) in [6.07, 6.45) is 1.07. The van der Waals surface area contributed by atoms with Crippen LogP contribution in [0.4, 0.5) is 5.82 Å². The summed E-state index contributed by atoms with van der Waals surface area (Å²) in [5.74, 6) is 1.21. The number of nitrogens with one attached hydrogen (secondary N) is 1. The Kier molecular flexibility index (Phi) is 5.07. The van der Waals surface area contributed by atoms with Gasteiger partial charge in [-0.15, -0.1) is 10.2 Å². The van der Waals surface area contributed by atoms with Crippen molar-refractivity contribution >= 4 is 11.7 Å². The Balaban J connectivity index is 2.63. The minimum atomic E-state index is -0.135. The van der Waals surface area contributed by atoms with Crippen LogP contribution in [0.1, 0.15) is 37.7 Å².